The van der Waals surface area contributed by atoms with E-state index < -0.39 is 37.3 Å². The Morgan fingerprint density at radius 2 is 2.15 bits per heavy atom. The molecule has 20 heavy (non-hydrogen) atoms. The topological polar surface area (TPSA) is 129 Å². The molecule has 10 heteroatoms. The molecule has 1 aromatic heterocycles. The van der Waals surface area contributed by atoms with Crippen molar-refractivity contribution < 1.29 is 20.1 Å². The van der Waals surface area contributed by atoms with Crippen molar-refractivity contribution in [3.8, 4) is 0 Å². The third-order valence-corrected chi connectivity index (χ3v) is 3.80. The fraction of sp³-hybridized carbons (Fsp3) is 0.600. The highest BCUT2D eigenvalue weighted by Gasteiger charge is 2.44. The molecule has 0 spiro atoms. The molecule has 5 N–H and O–H groups in total. The molecule has 1 aromatic rings. The van der Waals surface area contributed by atoms with Gasteiger partial charge in [-0.1, -0.05) is 12.8 Å². The lowest BCUT2D eigenvalue weighted by molar-refractivity contribution is -0.0520. The fourth-order valence-corrected chi connectivity index (χ4v) is 2.48. The molecule has 1 saturated heterocycles. The van der Waals surface area contributed by atoms with Gasteiger partial charge in [0, 0.05) is 0 Å². The summed E-state index contributed by atoms with van der Waals surface area (Å²) in [6.45, 7) is -0.390. The molecule has 3 rings (SSSR count). The molecule has 0 bridgehead atoms. The normalized spacial score (nSPS) is 36.5. The smallest absolute Gasteiger partial charge is 0.165 e. The van der Waals surface area contributed by atoms with Crippen LogP contribution in [-0.2, 0) is 4.74 Å². The van der Waals surface area contributed by atoms with E-state index >= 15 is 0 Å². The first kappa shape index (κ1) is 13.8. The first-order valence-electron chi connectivity index (χ1n) is 6.00. The number of hydrogen-bond acceptors (Lipinski definition) is 9. The summed E-state index contributed by atoms with van der Waals surface area (Å²) < 4.78 is 8.32. The lowest BCUT2D eigenvalue weighted by Crippen LogP contribution is -2.33. The number of fused-ring (bicyclic) bond motifs is 1. The molecule has 0 amide bonds. The van der Waals surface area contributed by atoms with Crippen molar-refractivity contribution in [1.82, 2.24) is 13.9 Å². The van der Waals surface area contributed by atoms with Crippen LogP contribution in [-0.4, -0.2) is 60.4 Å². The van der Waals surface area contributed by atoms with Crippen molar-refractivity contribution in [2.45, 2.75) is 30.7 Å². The van der Waals surface area contributed by atoms with Crippen LogP contribution < -0.4 is 5.73 Å². The van der Waals surface area contributed by atoms with E-state index in [4.69, 9.17) is 15.6 Å². The zero-order chi connectivity index (χ0) is 14.4. The predicted octanol–water partition coefficient (Wildman–Crippen LogP) is -1.73. The summed E-state index contributed by atoms with van der Waals surface area (Å²) in [5.74, 6) is 0.428. The van der Waals surface area contributed by atoms with E-state index in [-0.39, 0.29) is 0 Å². The van der Waals surface area contributed by atoms with E-state index in [1.54, 1.807) is 0 Å². The predicted molar refractivity (Wildman–Crippen MR) is 71.1 cm³/mol. The summed E-state index contributed by atoms with van der Waals surface area (Å²) in [6, 6.07) is 0. The molecule has 0 radical (unpaired) electrons. The molecule has 2 aliphatic heterocycles. The second-order valence-electron chi connectivity index (χ2n) is 4.66. The minimum absolute atomic E-state index is 0.390. The Morgan fingerprint density at radius 3 is 2.80 bits per heavy atom. The van der Waals surface area contributed by atoms with E-state index in [1.165, 1.54) is 21.5 Å². The zero-order valence-corrected chi connectivity index (χ0v) is 11.2. The number of hydrogen-bond donors (Lipinski definition) is 5. The Morgan fingerprint density at radius 1 is 1.40 bits per heavy atom. The summed E-state index contributed by atoms with van der Waals surface area (Å²) in [5, 5.41) is 28.9. The fourth-order valence-electron chi connectivity index (χ4n) is 2.32. The van der Waals surface area contributed by atoms with E-state index in [0.717, 1.165) is 0 Å². The molecule has 1 fully saturated rings. The lowest BCUT2D eigenvalue weighted by Gasteiger charge is -2.24. The van der Waals surface area contributed by atoms with Crippen molar-refractivity contribution in [2.24, 2.45) is 10.7 Å². The second kappa shape index (κ2) is 4.98. The van der Waals surface area contributed by atoms with E-state index in [9.17, 15) is 10.2 Å². The van der Waals surface area contributed by atoms with Crippen LogP contribution in [0.2, 0.25) is 0 Å². The van der Waals surface area contributed by atoms with E-state index in [1.807, 2.05) is 0 Å². The Kier molecular flexibility index (Phi) is 3.44. The average molecular weight is 301 g/mol. The number of aliphatic hydroxyl groups is 3. The molecule has 0 saturated carbocycles. The van der Waals surface area contributed by atoms with Crippen LogP contribution in [0.3, 0.4) is 0 Å². The molecule has 2 aliphatic rings. The van der Waals surface area contributed by atoms with Crippen LogP contribution in [0.25, 0.3) is 0 Å². The number of aliphatic imine (C=N–C) groups is 1. The molecule has 0 aromatic carbocycles. The van der Waals surface area contributed by atoms with Crippen LogP contribution in [0.5, 0.6) is 0 Å². The minimum Gasteiger partial charge on any atom is -0.394 e. The molecular weight excluding hydrogens is 286 g/mol. The first-order chi connectivity index (χ1) is 9.54. The molecule has 9 nitrogen and oxygen atoms in total. The molecule has 0 aliphatic carbocycles. The number of imidazole rings is 1. The van der Waals surface area contributed by atoms with Gasteiger partial charge in [-0.2, -0.15) is 0 Å². The van der Waals surface area contributed by atoms with Gasteiger partial charge in [0.15, 0.2) is 12.0 Å². The van der Waals surface area contributed by atoms with E-state index in [0.29, 0.717) is 11.5 Å². The maximum absolute atomic E-state index is 10.0. The maximum atomic E-state index is 10.0. The molecule has 110 valence electrons. The summed E-state index contributed by atoms with van der Waals surface area (Å²) in [5.41, 5.74) is 6.39. The van der Waals surface area contributed by atoms with E-state index in [2.05, 4.69) is 22.8 Å². The molecule has 3 heterocycles. The monoisotopic (exact) mass is 301 g/mol. The number of nitrogens with zero attached hydrogens (tertiary/aromatic N) is 4. The number of thiol groups is 1. The van der Waals surface area contributed by atoms with Crippen LogP contribution in [0.1, 0.15) is 18.1 Å². The highest BCUT2D eigenvalue weighted by Crippen LogP contribution is 2.37. The number of ether oxygens (including phenoxy) is 1. The number of aromatic nitrogens is 2. The Bertz CT molecular complexity index is 538. The Hall–Kier alpha value is -1.17. The maximum Gasteiger partial charge on any atom is 0.165 e. The van der Waals surface area contributed by atoms with Crippen molar-refractivity contribution in [1.29, 1.82) is 0 Å². The Balaban J connectivity index is 1.95. The largest absolute Gasteiger partial charge is 0.394 e. The van der Waals surface area contributed by atoms with Gasteiger partial charge in [-0.05, 0) is 0 Å². The van der Waals surface area contributed by atoms with Gasteiger partial charge in [0.25, 0.3) is 0 Å². The Labute approximate surface area is 119 Å². The summed E-state index contributed by atoms with van der Waals surface area (Å²) in [6.07, 6.45) is -1.81. The van der Waals surface area contributed by atoms with Gasteiger partial charge in [0.05, 0.1) is 12.9 Å². The molecule has 3 unspecified atom stereocenters. The summed E-state index contributed by atoms with van der Waals surface area (Å²) in [7, 11) is 0. The van der Waals surface area contributed by atoms with Gasteiger partial charge in [0.2, 0.25) is 0 Å². The second-order valence-corrected chi connectivity index (χ2v) is 5.12. The highest BCUT2D eigenvalue weighted by molar-refractivity contribution is 7.78. The molecular formula is C10H15N5O4S. The first-order valence-corrected chi connectivity index (χ1v) is 6.40. The summed E-state index contributed by atoms with van der Waals surface area (Å²) >= 11 is 4.12. The minimum atomic E-state index is -1.19. The average Bonchev–Trinajstić information content (AvgIpc) is 2.98. The third-order valence-electron chi connectivity index (χ3n) is 3.45. The van der Waals surface area contributed by atoms with Crippen LogP contribution in [0.4, 0.5) is 5.82 Å². The van der Waals surface area contributed by atoms with Crippen molar-refractivity contribution in [2.75, 3.05) is 6.61 Å². The quantitative estimate of drug-likeness (QED) is 0.410. The summed E-state index contributed by atoms with van der Waals surface area (Å²) in [4.78, 5) is 8.29. The van der Waals surface area contributed by atoms with Crippen LogP contribution in [0.15, 0.2) is 11.3 Å². The van der Waals surface area contributed by atoms with Gasteiger partial charge in [-0.3, -0.25) is 8.87 Å². The standard InChI is InChI=1S/C10H15N5O4S/c11-8-5-9(13-3-15(8)20)14(2-12-5)10-7(18)6(17)4(1-16)19-10/h2-4,6-8,10,16-18,20H,1,11H2/t4-,6?,7?,8?,10-/m1/s1. The van der Waals surface area contributed by atoms with Gasteiger partial charge in [0.1, 0.15) is 36.5 Å². The zero-order valence-electron chi connectivity index (χ0n) is 10.3. The van der Waals surface area contributed by atoms with Gasteiger partial charge in [-0.15, -0.1) is 0 Å². The van der Waals surface area contributed by atoms with Gasteiger partial charge in [-0.25, -0.2) is 9.98 Å². The van der Waals surface area contributed by atoms with Crippen molar-refractivity contribution >= 4 is 25.0 Å². The lowest BCUT2D eigenvalue weighted by atomic mass is 10.1. The van der Waals surface area contributed by atoms with Crippen molar-refractivity contribution in [3.63, 3.8) is 0 Å². The molecule has 5 atom stereocenters. The number of aliphatic hydroxyl groups excluding tert-OH is 3. The van der Waals surface area contributed by atoms with Crippen LogP contribution in [0, 0.1) is 0 Å². The third kappa shape index (κ3) is 1.92. The van der Waals surface area contributed by atoms with Gasteiger partial charge < -0.3 is 25.8 Å². The number of nitrogens with two attached hydrogens (primary N) is 1. The van der Waals surface area contributed by atoms with Crippen LogP contribution >= 0.6 is 12.8 Å². The van der Waals surface area contributed by atoms with Gasteiger partial charge >= 0.3 is 0 Å². The number of rotatable bonds is 2. The SMILES string of the molecule is NC1c2ncn([C@@H]3O[C@H](CO)C(O)C3O)c2N=CN1S. The van der Waals surface area contributed by atoms with Crippen molar-refractivity contribution in [3.05, 3.63) is 12.0 Å². The highest BCUT2D eigenvalue weighted by atomic mass is 32.1.